The summed E-state index contributed by atoms with van der Waals surface area (Å²) < 4.78 is 4.15. The highest BCUT2D eigenvalue weighted by atomic mass is 32.1. The number of rotatable bonds is 6. The highest BCUT2D eigenvalue weighted by Crippen LogP contribution is 2.19. The van der Waals surface area contributed by atoms with Crippen LogP contribution in [0.3, 0.4) is 0 Å². The van der Waals surface area contributed by atoms with Crippen LogP contribution in [0, 0.1) is 17.0 Å². The third kappa shape index (κ3) is 4.16. The highest BCUT2D eigenvalue weighted by Gasteiger charge is 2.12. The summed E-state index contributed by atoms with van der Waals surface area (Å²) in [6, 6.07) is 7.89. The van der Waals surface area contributed by atoms with E-state index >= 15 is 0 Å². The quantitative estimate of drug-likeness (QED) is 0.650. The standard InChI is InChI=1S/C12H14N4O3S/c1-8-4-3-5-10(6-8)13-12-14-11(15-20-12)7-9(2)19-16(17)18/h3-6,9H,7H2,1-2H3,(H,13,14,15). The maximum Gasteiger partial charge on any atom is 0.294 e. The number of hydrogen-bond acceptors (Lipinski definition) is 7. The summed E-state index contributed by atoms with van der Waals surface area (Å²) in [7, 11) is 0. The van der Waals surface area contributed by atoms with Crippen molar-refractivity contribution in [2.45, 2.75) is 26.4 Å². The molecule has 2 aromatic rings. The third-order valence-electron chi connectivity index (χ3n) is 2.47. The van der Waals surface area contributed by atoms with Gasteiger partial charge in [-0.25, -0.2) is 4.98 Å². The highest BCUT2D eigenvalue weighted by molar-refractivity contribution is 7.09. The average Bonchev–Trinajstić information content (AvgIpc) is 2.75. The summed E-state index contributed by atoms with van der Waals surface area (Å²) in [5.41, 5.74) is 2.08. The first-order valence-corrected chi connectivity index (χ1v) is 6.77. The molecule has 8 heteroatoms. The molecule has 0 fully saturated rings. The second kappa shape index (κ2) is 6.29. The van der Waals surface area contributed by atoms with Gasteiger partial charge >= 0.3 is 0 Å². The van der Waals surface area contributed by atoms with Gasteiger partial charge in [0.25, 0.3) is 5.09 Å². The summed E-state index contributed by atoms with van der Waals surface area (Å²) in [5.74, 6) is 0.527. The van der Waals surface area contributed by atoms with Crippen LogP contribution in [-0.2, 0) is 11.3 Å². The smallest absolute Gasteiger partial charge is 0.294 e. The van der Waals surface area contributed by atoms with E-state index in [-0.39, 0.29) is 0 Å². The summed E-state index contributed by atoms with van der Waals surface area (Å²) >= 11 is 1.21. The van der Waals surface area contributed by atoms with Crippen LogP contribution in [0.1, 0.15) is 18.3 Å². The maximum absolute atomic E-state index is 10.2. The summed E-state index contributed by atoms with van der Waals surface area (Å²) in [6.07, 6.45) is -0.265. The molecule has 1 unspecified atom stereocenters. The predicted octanol–water partition coefficient (Wildman–Crippen LogP) is 2.73. The molecule has 2 rings (SSSR count). The van der Waals surface area contributed by atoms with E-state index in [0.29, 0.717) is 17.4 Å². The zero-order chi connectivity index (χ0) is 14.5. The zero-order valence-electron chi connectivity index (χ0n) is 11.1. The molecule has 1 aromatic carbocycles. The Morgan fingerprint density at radius 3 is 3.05 bits per heavy atom. The fraction of sp³-hybridized carbons (Fsp3) is 0.333. The number of aryl methyl sites for hydroxylation is 1. The Kier molecular flexibility index (Phi) is 4.46. The van der Waals surface area contributed by atoms with E-state index in [1.807, 2.05) is 31.2 Å². The summed E-state index contributed by atoms with van der Waals surface area (Å²) in [4.78, 5) is 18.9. The SMILES string of the molecule is Cc1cccc(Nc2nc(CC(C)O[N+](=O)[O-])ns2)c1. The molecule has 20 heavy (non-hydrogen) atoms. The number of hydrogen-bond donors (Lipinski definition) is 1. The van der Waals surface area contributed by atoms with Gasteiger partial charge in [0.2, 0.25) is 5.13 Å². The Morgan fingerprint density at radius 1 is 1.55 bits per heavy atom. The van der Waals surface area contributed by atoms with E-state index in [1.54, 1.807) is 6.92 Å². The Labute approximate surface area is 119 Å². The van der Waals surface area contributed by atoms with Crippen molar-refractivity contribution in [3.63, 3.8) is 0 Å². The minimum Gasteiger partial charge on any atom is -0.330 e. The molecule has 0 saturated carbocycles. The molecule has 1 aromatic heterocycles. The van der Waals surface area contributed by atoms with Gasteiger partial charge in [0, 0.05) is 23.6 Å². The van der Waals surface area contributed by atoms with Gasteiger partial charge in [0.05, 0.1) is 0 Å². The van der Waals surface area contributed by atoms with Gasteiger partial charge in [-0.05, 0) is 31.5 Å². The van der Waals surface area contributed by atoms with Crippen molar-refractivity contribution in [2.75, 3.05) is 5.32 Å². The molecular weight excluding hydrogens is 280 g/mol. The van der Waals surface area contributed by atoms with E-state index in [1.165, 1.54) is 11.5 Å². The van der Waals surface area contributed by atoms with Crippen molar-refractivity contribution in [1.29, 1.82) is 0 Å². The van der Waals surface area contributed by atoms with Crippen molar-refractivity contribution in [3.8, 4) is 0 Å². The van der Waals surface area contributed by atoms with E-state index in [9.17, 15) is 10.1 Å². The Morgan fingerprint density at radius 2 is 2.35 bits per heavy atom. The fourth-order valence-electron chi connectivity index (χ4n) is 1.68. The molecule has 0 spiro atoms. The average molecular weight is 294 g/mol. The van der Waals surface area contributed by atoms with Crippen molar-refractivity contribution in [3.05, 3.63) is 45.8 Å². The Bertz CT molecular complexity index is 602. The number of aromatic nitrogens is 2. The lowest BCUT2D eigenvalue weighted by atomic mass is 10.2. The van der Waals surface area contributed by atoms with Gasteiger partial charge in [-0.1, -0.05) is 12.1 Å². The first-order chi connectivity index (χ1) is 9.52. The topological polar surface area (TPSA) is 90.2 Å². The summed E-state index contributed by atoms with van der Waals surface area (Å²) in [5, 5.41) is 13.2. The molecule has 0 aliphatic carbocycles. The number of nitrogens with one attached hydrogen (secondary N) is 1. The fourth-order valence-corrected chi connectivity index (χ4v) is 2.29. The van der Waals surface area contributed by atoms with Crippen molar-refractivity contribution >= 4 is 22.4 Å². The Hall–Kier alpha value is -2.22. The molecule has 0 aliphatic heterocycles. The molecular formula is C12H14N4O3S. The van der Waals surface area contributed by atoms with Gasteiger partial charge in [0.15, 0.2) is 0 Å². The molecule has 1 heterocycles. The lowest BCUT2D eigenvalue weighted by Crippen LogP contribution is -2.16. The number of nitrogens with zero attached hydrogens (tertiary/aromatic N) is 3. The molecule has 0 bridgehead atoms. The number of anilines is 2. The summed E-state index contributed by atoms with van der Waals surface area (Å²) in [6.45, 7) is 3.62. The monoisotopic (exact) mass is 294 g/mol. The minimum atomic E-state index is -0.803. The van der Waals surface area contributed by atoms with Crippen molar-refractivity contribution < 1.29 is 9.92 Å². The normalized spacial score (nSPS) is 11.9. The van der Waals surface area contributed by atoms with Gasteiger partial charge in [-0.3, -0.25) is 0 Å². The lowest BCUT2D eigenvalue weighted by molar-refractivity contribution is -0.767. The molecule has 0 aliphatic rings. The second-order valence-corrected chi connectivity index (χ2v) is 5.11. The van der Waals surface area contributed by atoms with Gasteiger partial charge in [0.1, 0.15) is 11.9 Å². The van der Waals surface area contributed by atoms with Crippen LogP contribution < -0.4 is 5.32 Å². The second-order valence-electron chi connectivity index (χ2n) is 4.35. The predicted molar refractivity (Wildman–Crippen MR) is 75.6 cm³/mol. The molecule has 1 N–H and O–H groups in total. The third-order valence-corrected chi connectivity index (χ3v) is 3.14. The van der Waals surface area contributed by atoms with Crippen LogP contribution >= 0.6 is 11.5 Å². The number of benzene rings is 1. The largest absolute Gasteiger partial charge is 0.330 e. The lowest BCUT2D eigenvalue weighted by Gasteiger charge is -2.05. The molecule has 0 radical (unpaired) electrons. The van der Waals surface area contributed by atoms with Crippen LogP contribution in [0.5, 0.6) is 0 Å². The molecule has 106 valence electrons. The van der Waals surface area contributed by atoms with Crippen molar-refractivity contribution in [1.82, 2.24) is 9.36 Å². The van der Waals surface area contributed by atoms with Crippen LogP contribution in [0.4, 0.5) is 10.8 Å². The van der Waals surface area contributed by atoms with E-state index in [2.05, 4.69) is 19.5 Å². The first-order valence-electron chi connectivity index (χ1n) is 6.00. The van der Waals surface area contributed by atoms with Gasteiger partial charge in [-0.2, -0.15) is 4.37 Å². The van der Waals surface area contributed by atoms with E-state index in [0.717, 1.165) is 11.3 Å². The van der Waals surface area contributed by atoms with Gasteiger partial charge in [-0.15, -0.1) is 10.1 Å². The molecule has 1 atom stereocenters. The molecule has 0 amide bonds. The first kappa shape index (κ1) is 14.2. The Balaban J connectivity index is 1.97. The van der Waals surface area contributed by atoms with Gasteiger partial charge < -0.3 is 10.2 Å². The van der Waals surface area contributed by atoms with Crippen LogP contribution in [0.25, 0.3) is 0 Å². The zero-order valence-corrected chi connectivity index (χ0v) is 11.9. The maximum atomic E-state index is 10.2. The molecule has 7 nitrogen and oxygen atoms in total. The van der Waals surface area contributed by atoms with Crippen molar-refractivity contribution in [2.24, 2.45) is 0 Å². The van der Waals surface area contributed by atoms with Crippen LogP contribution in [0.15, 0.2) is 24.3 Å². The van der Waals surface area contributed by atoms with E-state index < -0.39 is 11.2 Å². The van der Waals surface area contributed by atoms with Crippen LogP contribution in [0.2, 0.25) is 0 Å². The van der Waals surface area contributed by atoms with Crippen LogP contribution in [-0.4, -0.2) is 20.5 Å². The van der Waals surface area contributed by atoms with E-state index in [4.69, 9.17) is 0 Å². The molecule has 0 saturated heterocycles. The minimum absolute atomic E-state index is 0.299.